The van der Waals surface area contributed by atoms with Crippen LogP contribution in [0.2, 0.25) is 10.0 Å². The predicted octanol–water partition coefficient (Wildman–Crippen LogP) is 3.99. The van der Waals surface area contributed by atoms with Gasteiger partial charge in [0.1, 0.15) is 6.04 Å². The maximum Gasteiger partial charge on any atom is 0.335 e. The van der Waals surface area contributed by atoms with Crippen molar-refractivity contribution in [1.82, 2.24) is 19.8 Å². The van der Waals surface area contributed by atoms with Crippen molar-refractivity contribution in [1.29, 1.82) is 0 Å². The smallest absolute Gasteiger partial charge is 0.335 e. The molecular weight excluding hydrogens is 579 g/mol. The molecule has 1 atom stereocenters. The quantitative estimate of drug-likeness (QED) is 0.250. The standard InChI is InChI=1S/C31H30Cl2N4O5/c1-36-27-13-10-19(17-34-20-4-2-5-20)14-23(27)29(39)37(31(36)42)21-11-8-18(9-12-21)15-26(30(40)41)35-28(38)16-22-24(32)6-3-7-25(22)33/h3,6-14,20,26,34H,2,4-5,15-17H2,1H3,(H,35,38)(H,40,41). The third kappa shape index (κ3) is 6.28. The van der Waals surface area contributed by atoms with Crippen molar-refractivity contribution >= 4 is 46.0 Å². The molecule has 218 valence electrons. The van der Waals surface area contributed by atoms with Gasteiger partial charge in [0.15, 0.2) is 0 Å². The molecule has 0 aliphatic heterocycles. The molecule has 1 aliphatic rings. The first-order valence-corrected chi connectivity index (χ1v) is 14.4. The number of nitrogens with zero attached hydrogens (tertiary/aromatic N) is 2. The van der Waals surface area contributed by atoms with Crippen molar-refractivity contribution < 1.29 is 14.7 Å². The van der Waals surface area contributed by atoms with Crippen molar-refractivity contribution in [3.63, 3.8) is 0 Å². The first-order chi connectivity index (χ1) is 20.1. The second kappa shape index (κ2) is 12.5. The molecule has 1 aliphatic carbocycles. The monoisotopic (exact) mass is 608 g/mol. The summed E-state index contributed by atoms with van der Waals surface area (Å²) < 4.78 is 2.55. The van der Waals surface area contributed by atoms with Gasteiger partial charge in [-0.1, -0.05) is 53.9 Å². The molecule has 1 saturated carbocycles. The number of carboxylic acids is 1. The van der Waals surface area contributed by atoms with E-state index in [0.29, 0.717) is 50.3 Å². The van der Waals surface area contributed by atoms with Crippen LogP contribution in [0.25, 0.3) is 16.6 Å². The van der Waals surface area contributed by atoms with E-state index in [9.17, 15) is 24.3 Å². The Hall–Kier alpha value is -3.92. The number of benzene rings is 3. The third-order valence-electron chi connectivity index (χ3n) is 7.70. The molecule has 3 N–H and O–H groups in total. The Morgan fingerprint density at radius 2 is 1.67 bits per heavy atom. The van der Waals surface area contributed by atoms with E-state index in [-0.39, 0.29) is 12.8 Å². The Morgan fingerprint density at radius 1 is 1.00 bits per heavy atom. The van der Waals surface area contributed by atoms with Crippen LogP contribution in [0.3, 0.4) is 0 Å². The molecule has 0 spiro atoms. The van der Waals surface area contributed by atoms with Crippen LogP contribution in [-0.2, 0) is 36.0 Å². The zero-order valence-corrected chi connectivity index (χ0v) is 24.4. The van der Waals surface area contributed by atoms with Gasteiger partial charge in [0.05, 0.1) is 23.0 Å². The molecule has 1 unspecified atom stereocenters. The number of fused-ring (bicyclic) bond motifs is 1. The van der Waals surface area contributed by atoms with Crippen molar-refractivity contribution in [2.45, 2.75) is 50.7 Å². The fourth-order valence-electron chi connectivity index (χ4n) is 5.04. The number of halogens is 2. The molecule has 9 nitrogen and oxygen atoms in total. The van der Waals surface area contributed by atoms with Crippen LogP contribution in [0.1, 0.15) is 36.0 Å². The SMILES string of the molecule is Cn1c(=O)n(-c2ccc(CC(NC(=O)Cc3c(Cl)cccc3Cl)C(=O)O)cc2)c(=O)c2cc(CNC3CCC3)ccc21. The minimum atomic E-state index is -1.21. The summed E-state index contributed by atoms with van der Waals surface area (Å²) in [6, 6.07) is 16.2. The number of carbonyl (C=O) groups is 2. The fourth-order valence-corrected chi connectivity index (χ4v) is 5.57. The number of hydrogen-bond donors (Lipinski definition) is 3. The summed E-state index contributed by atoms with van der Waals surface area (Å²) in [5, 5.41) is 16.8. The normalized spacial score (nSPS) is 14.0. The molecule has 1 aromatic heterocycles. The highest BCUT2D eigenvalue weighted by Crippen LogP contribution is 2.25. The third-order valence-corrected chi connectivity index (χ3v) is 8.41. The molecule has 5 rings (SSSR count). The molecule has 42 heavy (non-hydrogen) atoms. The average Bonchev–Trinajstić information content (AvgIpc) is 2.93. The summed E-state index contributed by atoms with van der Waals surface area (Å²) in [6.45, 7) is 0.643. The summed E-state index contributed by atoms with van der Waals surface area (Å²) in [6.07, 6.45) is 3.35. The van der Waals surface area contributed by atoms with E-state index < -0.39 is 29.2 Å². The summed E-state index contributed by atoms with van der Waals surface area (Å²) in [7, 11) is 1.62. The summed E-state index contributed by atoms with van der Waals surface area (Å²) in [5.41, 5.74) is 1.95. The van der Waals surface area contributed by atoms with Crippen LogP contribution in [0.5, 0.6) is 0 Å². The average molecular weight is 610 g/mol. The number of aromatic nitrogens is 2. The Balaban J connectivity index is 1.35. The first-order valence-electron chi connectivity index (χ1n) is 13.6. The van der Waals surface area contributed by atoms with Gasteiger partial charge < -0.3 is 15.7 Å². The van der Waals surface area contributed by atoms with Gasteiger partial charge in [-0.15, -0.1) is 0 Å². The molecule has 3 aromatic carbocycles. The maximum absolute atomic E-state index is 13.5. The molecule has 1 heterocycles. The lowest BCUT2D eigenvalue weighted by atomic mass is 9.93. The van der Waals surface area contributed by atoms with E-state index >= 15 is 0 Å². The van der Waals surface area contributed by atoms with Gasteiger partial charge in [-0.25, -0.2) is 14.2 Å². The summed E-state index contributed by atoms with van der Waals surface area (Å²) >= 11 is 12.3. The number of aryl methyl sites for hydroxylation is 1. The van der Waals surface area contributed by atoms with Crippen LogP contribution in [-0.4, -0.2) is 38.2 Å². The highest BCUT2D eigenvalue weighted by atomic mass is 35.5. The zero-order chi connectivity index (χ0) is 30.0. The molecular formula is C31H30Cl2N4O5. The molecule has 1 amide bonds. The van der Waals surface area contributed by atoms with Crippen LogP contribution < -0.4 is 21.9 Å². The van der Waals surface area contributed by atoms with Crippen molar-refractivity contribution in [3.05, 3.63) is 108 Å². The lowest BCUT2D eigenvalue weighted by Crippen LogP contribution is -2.43. The van der Waals surface area contributed by atoms with E-state index in [2.05, 4.69) is 10.6 Å². The number of amides is 1. The number of nitrogens with one attached hydrogen (secondary N) is 2. The van der Waals surface area contributed by atoms with E-state index in [0.717, 1.165) is 23.0 Å². The minimum Gasteiger partial charge on any atom is -0.480 e. The van der Waals surface area contributed by atoms with Gasteiger partial charge in [-0.05, 0) is 65.9 Å². The number of carboxylic acid groups (broad SMARTS) is 1. The Labute approximate surface area is 251 Å². The lowest BCUT2D eigenvalue weighted by molar-refractivity contribution is -0.141. The Kier molecular flexibility index (Phi) is 8.82. The zero-order valence-electron chi connectivity index (χ0n) is 22.9. The predicted molar refractivity (Wildman–Crippen MR) is 163 cm³/mol. The fraction of sp³-hybridized carbons (Fsp3) is 0.290. The number of aliphatic carboxylic acids is 1. The van der Waals surface area contributed by atoms with E-state index in [1.807, 2.05) is 12.1 Å². The summed E-state index contributed by atoms with van der Waals surface area (Å²) in [5.74, 6) is -1.75. The van der Waals surface area contributed by atoms with Crippen LogP contribution >= 0.6 is 23.2 Å². The molecule has 0 saturated heterocycles. The molecule has 1 fully saturated rings. The second-order valence-corrected chi connectivity index (χ2v) is 11.4. The topological polar surface area (TPSA) is 122 Å². The van der Waals surface area contributed by atoms with E-state index in [1.54, 1.807) is 55.6 Å². The van der Waals surface area contributed by atoms with Crippen LogP contribution in [0.15, 0.2) is 70.3 Å². The highest BCUT2D eigenvalue weighted by molar-refractivity contribution is 6.36. The maximum atomic E-state index is 13.5. The number of rotatable bonds is 10. The van der Waals surface area contributed by atoms with Gasteiger partial charge in [-0.2, -0.15) is 0 Å². The van der Waals surface area contributed by atoms with Crippen molar-refractivity contribution in [2.75, 3.05) is 0 Å². The van der Waals surface area contributed by atoms with Crippen LogP contribution in [0, 0.1) is 0 Å². The van der Waals surface area contributed by atoms with Gasteiger partial charge in [0, 0.05) is 36.1 Å². The van der Waals surface area contributed by atoms with Crippen molar-refractivity contribution in [2.24, 2.45) is 7.05 Å². The first kappa shape index (κ1) is 29.6. The second-order valence-electron chi connectivity index (χ2n) is 10.5. The molecule has 11 heteroatoms. The number of carbonyl (C=O) groups excluding carboxylic acids is 1. The lowest BCUT2D eigenvalue weighted by Gasteiger charge is -2.26. The van der Waals surface area contributed by atoms with Crippen LogP contribution in [0.4, 0.5) is 0 Å². The highest BCUT2D eigenvalue weighted by Gasteiger charge is 2.22. The number of hydrogen-bond acceptors (Lipinski definition) is 5. The molecule has 0 radical (unpaired) electrons. The molecule has 0 bridgehead atoms. The van der Waals surface area contributed by atoms with Gasteiger partial charge in [-0.3, -0.25) is 14.2 Å². The van der Waals surface area contributed by atoms with E-state index in [4.69, 9.17) is 23.2 Å². The molecule has 4 aromatic rings. The van der Waals surface area contributed by atoms with Gasteiger partial charge >= 0.3 is 11.7 Å². The largest absolute Gasteiger partial charge is 0.480 e. The van der Waals surface area contributed by atoms with Gasteiger partial charge in [0.25, 0.3) is 5.56 Å². The van der Waals surface area contributed by atoms with Crippen molar-refractivity contribution in [3.8, 4) is 5.69 Å². The summed E-state index contributed by atoms with van der Waals surface area (Å²) in [4.78, 5) is 51.3. The Morgan fingerprint density at radius 3 is 2.29 bits per heavy atom. The Bertz CT molecular complexity index is 1760. The van der Waals surface area contributed by atoms with E-state index in [1.165, 1.54) is 11.0 Å². The van der Waals surface area contributed by atoms with Gasteiger partial charge in [0.2, 0.25) is 5.91 Å². The minimum absolute atomic E-state index is 0.0143.